The van der Waals surface area contributed by atoms with E-state index in [2.05, 4.69) is 10.0 Å². The highest BCUT2D eigenvalue weighted by Gasteiger charge is 2.17. The van der Waals surface area contributed by atoms with Gasteiger partial charge in [-0.05, 0) is 38.2 Å². The molecular formula is C11H14ClN3O2S. The van der Waals surface area contributed by atoms with E-state index in [4.69, 9.17) is 16.9 Å². The Bertz CT molecular complexity index is 552. The van der Waals surface area contributed by atoms with Crippen LogP contribution in [0.4, 0.5) is 0 Å². The van der Waals surface area contributed by atoms with E-state index >= 15 is 0 Å². The summed E-state index contributed by atoms with van der Waals surface area (Å²) in [5.74, 6) is 0. The van der Waals surface area contributed by atoms with Crippen LogP contribution < -0.4 is 10.0 Å². The average molecular weight is 288 g/mol. The molecule has 2 N–H and O–H groups in total. The van der Waals surface area contributed by atoms with Crippen molar-refractivity contribution in [3.8, 4) is 6.07 Å². The third-order valence-electron chi connectivity index (χ3n) is 2.25. The summed E-state index contributed by atoms with van der Waals surface area (Å²) >= 11 is 5.84. The molecule has 0 aliphatic carbocycles. The first-order valence-corrected chi connectivity index (χ1v) is 7.21. The minimum absolute atomic E-state index is 0.0623. The molecule has 0 saturated heterocycles. The van der Waals surface area contributed by atoms with Gasteiger partial charge in [0.1, 0.15) is 4.90 Å². The first-order chi connectivity index (χ1) is 8.51. The van der Waals surface area contributed by atoms with Crippen LogP contribution in [0, 0.1) is 11.3 Å². The third kappa shape index (κ3) is 3.96. The third-order valence-corrected chi connectivity index (χ3v) is 4.19. The summed E-state index contributed by atoms with van der Waals surface area (Å²) < 4.78 is 26.4. The Labute approximate surface area is 112 Å². The molecule has 0 saturated carbocycles. The van der Waals surface area contributed by atoms with Gasteiger partial charge in [0, 0.05) is 6.54 Å². The number of sulfonamides is 1. The van der Waals surface area contributed by atoms with Crippen LogP contribution in [-0.4, -0.2) is 28.6 Å². The second-order valence-electron chi connectivity index (χ2n) is 3.61. The van der Waals surface area contributed by atoms with Crippen LogP contribution in [0.3, 0.4) is 0 Å². The maximum Gasteiger partial charge on any atom is 0.242 e. The number of nitriles is 1. The summed E-state index contributed by atoms with van der Waals surface area (Å²) in [5.41, 5.74) is 0.259. The minimum Gasteiger partial charge on any atom is -0.320 e. The fourth-order valence-electron chi connectivity index (χ4n) is 1.33. The molecule has 0 bridgehead atoms. The van der Waals surface area contributed by atoms with Gasteiger partial charge in [0.2, 0.25) is 10.0 Å². The van der Waals surface area contributed by atoms with Gasteiger partial charge >= 0.3 is 0 Å². The van der Waals surface area contributed by atoms with Gasteiger partial charge in [0.15, 0.2) is 0 Å². The summed E-state index contributed by atoms with van der Waals surface area (Å²) in [5, 5.41) is 11.8. The number of hydrogen-bond donors (Lipinski definition) is 2. The van der Waals surface area contributed by atoms with E-state index in [1.165, 1.54) is 18.2 Å². The number of rotatable bonds is 6. The number of nitrogens with zero attached hydrogens (tertiary/aromatic N) is 1. The molecule has 0 spiro atoms. The monoisotopic (exact) mass is 287 g/mol. The van der Waals surface area contributed by atoms with Crippen LogP contribution in [0.15, 0.2) is 23.1 Å². The van der Waals surface area contributed by atoms with Gasteiger partial charge in [-0.25, -0.2) is 13.1 Å². The molecule has 0 unspecified atom stereocenters. The number of nitrogens with one attached hydrogen (secondary N) is 2. The molecule has 0 amide bonds. The van der Waals surface area contributed by atoms with E-state index in [0.717, 1.165) is 0 Å². The molecule has 98 valence electrons. The van der Waals surface area contributed by atoms with E-state index in [0.29, 0.717) is 19.5 Å². The van der Waals surface area contributed by atoms with Crippen LogP contribution in [0.5, 0.6) is 0 Å². The fourth-order valence-corrected chi connectivity index (χ4v) is 2.93. The van der Waals surface area contributed by atoms with Crippen LogP contribution >= 0.6 is 11.6 Å². The molecular weight excluding hydrogens is 274 g/mol. The van der Waals surface area contributed by atoms with Gasteiger partial charge in [-0.15, -0.1) is 0 Å². The number of halogens is 1. The molecule has 18 heavy (non-hydrogen) atoms. The molecule has 1 rings (SSSR count). The molecule has 0 atom stereocenters. The highest BCUT2D eigenvalue weighted by atomic mass is 35.5. The normalized spacial score (nSPS) is 11.2. The molecule has 0 aliphatic heterocycles. The predicted molar refractivity (Wildman–Crippen MR) is 69.9 cm³/mol. The molecule has 1 aromatic rings. The lowest BCUT2D eigenvalue weighted by atomic mass is 10.2. The van der Waals surface area contributed by atoms with Crippen LogP contribution in [0.25, 0.3) is 0 Å². The molecule has 0 heterocycles. The van der Waals surface area contributed by atoms with Gasteiger partial charge in [-0.1, -0.05) is 11.6 Å². The van der Waals surface area contributed by atoms with Crippen molar-refractivity contribution in [3.05, 3.63) is 28.8 Å². The van der Waals surface area contributed by atoms with Crippen molar-refractivity contribution < 1.29 is 8.42 Å². The lowest BCUT2D eigenvalue weighted by molar-refractivity contribution is 0.577. The SMILES string of the molecule is CNCCCNS(=O)(=O)c1cc(C#N)ccc1Cl. The molecule has 5 nitrogen and oxygen atoms in total. The summed E-state index contributed by atoms with van der Waals surface area (Å²) in [4.78, 5) is -0.0623. The van der Waals surface area contributed by atoms with Crippen LogP contribution in [0.2, 0.25) is 5.02 Å². The molecule has 0 radical (unpaired) electrons. The Morgan fingerprint density at radius 2 is 2.11 bits per heavy atom. The first-order valence-electron chi connectivity index (χ1n) is 5.35. The maximum atomic E-state index is 12.0. The zero-order valence-electron chi connectivity index (χ0n) is 9.90. The Balaban J connectivity index is 2.88. The maximum absolute atomic E-state index is 12.0. The van der Waals surface area contributed by atoms with Gasteiger partial charge < -0.3 is 5.32 Å². The van der Waals surface area contributed by atoms with Crippen LogP contribution in [0.1, 0.15) is 12.0 Å². The fraction of sp³-hybridized carbons (Fsp3) is 0.364. The van der Waals surface area contributed by atoms with Crippen molar-refractivity contribution in [2.24, 2.45) is 0 Å². The van der Waals surface area contributed by atoms with Crippen molar-refractivity contribution in [1.29, 1.82) is 5.26 Å². The summed E-state index contributed by atoms with van der Waals surface area (Å²) in [7, 11) is -1.87. The van der Waals surface area contributed by atoms with Crippen molar-refractivity contribution >= 4 is 21.6 Å². The molecule has 0 aromatic heterocycles. The zero-order chi connectivity index (χ0) is 13.6. The topological polar surface area (TPSA) is 82.0 Å². The lowest BCUT2D eigenvalue weighted by Gasteiger charge is -2.08. The molecule has 1 aromatic carbocycles. The Kier molecular flexibility index (Phi) is 5.56. The predicted octanol–water partition coefficient (Wildman–Crippen LogP) is 1.10. The summed E-state index contributed by atoms with van der Waals surface area (Å²) in [6.45, 7) is 1.03. The van der Waals surface area contributed by atoms with Crippen molar-refractivity contribution in [3.63, 3.8) is 0 Å². The van der Waals surface area contributed by atoms with Gasteiger partial charge in [0.25, 0.3) is 0 Å². The van der Waals surface area contributed by atoms with Crippen molar-refractivity contribution in [1.82, 2.24) is 10.0 Å². The number of benzene rings is 1. The number of hydrogen-bond acceptors (Lipinski definition) is 4. The smallest absolute Gasteiger partial charge is 0.242 e. The minimum atomic E-state index is -3.66. The largest absolute Gasteiger partial charge is 0.320 e. The van der Waals surface area contributed by atoms with Crippen LogP contribution in [-0.2, 0) is 10.0 Å². The average Bonchev–Trinajstić information content (AvgIpc) is 2.35. The van der Waals surface area contributed by atoms with E-state index in [-0.39, 0.29) is 15.5 Å². The highest BCUT2D eigenvalue weighted by Crippen LogP contribution is 2.22. The highest BCUT2D eigenvalue weighted by molar-refractivity contribution is 7.89. The van der Waals surface area contributed by atoms with Gasteiger partial charge in [-0.2, -0.15) is 5.26 Å². The summed E-state index contributed by atoms with van der Waals surface area (Å²) in [6.07, 6.45) is 0.672. The van der Waals surface area contributed by atoms with Crippen molar-refractivity contribution in [2.75, 3.05) is 20.1 Å². The quantitative estimate of drug-likeness (QED) is 0.768. The Morgan fingerprint density at radius 3 is 2.72 bits per heavy atom. The Hall–Kier alpha value is -1.13. The van der Waals surface area contributed by atoms with E-state index in [1.54, 1.807) is 7.05 Å². The van der Waals surface area contributed by atoms with Gasteiger partial charge in [0.05, 0.1) is 16.7 Å². The summed E-state index contributed by atoms with van der Waals surface area (Å²) in [6, 6.07) is 6.03. The van der Waals surface area contributed by atoms with E-state index in [9.17, 15) is 8.42 Å². The zero-order valence-corrected chi connectivity index (χ0v) is 11.5. The standard InChI is InChI=1S/C11H14ClN3O2S/c1-14-5-2-6-15-18(16,17)11-7-9(8-13)3-4-10(11)12/h3-4,7,14-15H,2,5-6H2,1H3. The van der Waals surface area contributed by atoms with Crippen molar-refractivity contribution in [2.45, 2.75) is 11.3 Å². The first kappa shape index (κ1) is 14.9. The Morgan fingerprint density at radius 1 is 1.39 bits per heavy atom. The molecule has 0 aliphatic rings. The van der Waals surface area contributed by atoms with E-state index in [1.807, 2.05) is 6.07 Å². The molecule has 7 heteroatoms. The lowest BCUT2D eigenvalue weighted by Crippen LogP contribution is -2.27. The molecule has 0 fully saturated rings. The second kappa shape index (κ2) is 6.71. The van der Waals surface area contributed by atoms with Gasteiger partial charge in [-0.3, -0.25) is 0 Å². The second-order valence-corrected chi connectivity index (χ2v) is 5.75. The van der Waals surface area contributed by atoms with E-state index < -0.39 is 10.0 Å².